The van der Waals surface area contributed by atoms with Gasteiger partial charge < -0.3 is 15.4 Å². The van der Waals surface area contributed by atoms with E-state index in [1.807, 2.05) is 51.9 Å². The highest BCUT2D eigenvalue weighted by Gasteiger charge is 2.23. The predicted octanol–water partition coefficient (Wildman–Crippen LogP) is 2.57. The van der Waals surface area contributed by atoms with Gasteiger partial charge in [0.1, 0.15) is 5.60 Å². The van der Waals surface area contributed by atoms with Crippen LogP contribution < -0.4 is 10.6 Å². The summed E-state index contributed by atoms with van der Waals surface area (Å²) in [5, 5.41) is 0. The van der Waals surface area contributed by atoms with Gasteiger partial charge in [0.2, 0.25) is 0 Å². The maximum absolute atomic E-state index is 12.3. The molecule has 112 valence electrons. The molecule has 0 aromatic heterocycles. The topological polar surface area (TPSA) is 58.8 Å². The largest absolute Gasteiger partial charge is 0.443 e. The summed E-state index contributed by atoms with van der Waals surface area (Å²) in [7, 11) is 3.94. The minimum atomic E-state index is -0.513. The Bertz CT molecular complexity index is 435. The fourth-order valence-corrected chi connectivity index (χ4v) is 1.60. The van der Waals surface area contributed by atoms with Gasteiger partial charge in [-0.15, -0.1) is 0 Å². The summed E-state index contributed by atoms with van der Waals surface area (Å²) in [5.41, 5.74) is 6.63. The van der Waals surface area contributed by atoms with Crippen molar-refractivity contribution in [2.75, 3.05) is 37.8 Å². The van der Waals surface area contributed by atoms with E-state index in [2.05, 4.69) is 0 Å². The summed E-state index contributed by atoms with van der Waals surface area (Å²) in [6, 6.07) is 7.22. The van der Waals surface area contributed by atoms with Crippen LogP contribution in [0, 0.1) is 0 Å². The lowest BCUT2D eigenvalue weighted by Crippen LogP contribution is -2.40. The van der Waals surface area contributed by atoms with Crippen LogP contribution in [0.5, 0.6) is 0 Å². The lowest BCUT2D eigenvalue weighted by molar-refractivity contribution is 0.0578. The maximum Gasteiger partial charge on any atom is 0.414 e. The summed E-state index contributed by atoms with van der Waals surface area (Å²) in [6.07, 6.45) is -0.343. The summed E-state index contributed by atoms with van der Waals surface area (Å²) in [5.74, 6) is 0. The van der Waals surface area contributed by atoms with E-state index < -0.39 is 5.60 Å². The third-order valence-corrected chi connectivity index (χ3v) is 2.59. The molecule has 0 saturated heterocycles. The third kappa shape index (κ3) is 5.48. The Kier molecular flexibility index (Phi) is 5.39. The molecule has 5 heteroatoms. The van der Waals surface area contributed by atoms with E-state index in [4.69, 9.17) is 10.5 Å². The average Bonchev–Trinajstić information content (AvgIpc) is 2.29. The van der Waals surface area contributed by atoms with Crippen LogP contribution in [-0.2, 0) is 4.74 Å². The molecule has 0 fully saturated rings. The zero-order chi connectivity index (χ0) is 15.3. The normalized spacial score (nSPS) is 11.5. The first-order chi connectivity index (χ1) is 9.19. The van der Waals surface area contributed by atoms with E-state index >= 15 is 0 Å². The van der Waals surface area contributed by atoms with E-state index in [9.17, 15) is 4.79 Å². The number of ether oxygens (including phenoxy) is 1. The number of nitrogen functional groups attached to an aromatic ring is 1. The molecule has 1 aromatic rings. The molecule has 0 unspecified atom stereocenters. The van der Waals surface area contributed by atoms with Crippen molar-refractivity contribution in [3.63, 3.8) is 0 Å². The van der Waals surface area contributed by atoms with E-state index in [-0.39, 0.29) is 6.09 Å². The van der Waals surface area contributed by atoms with Crippen molar-refractivity contribution in [1.82, 2.24) is 4.90 Å². The average molecular weight is 279 g/mol. The Balaban J connectivity index is 2.89. The smallest absolute Gasteiger partial charge is 0.414 e. The molecule has 5 nitrogen and oxygen atoms in total. The molecule has 20 heavy (non-hydrogen) atoms. The Morgan fingerprint density at radius 1 is 1.15 bits per heavy atom. The van der Waals surface area contributed by atoms with Crippen molar-refractivity contribution in [3.05, 3.63) is 24.3 Å². The van der Waals surface area contributed by atoms with E-state index in [1.165, 1.54) is 0 Å². The van der Waals surface area contributed by atoms with Crippen LogP contribution in [0.25, 0.3) is 0 Å². The number of carbonyl (C=O) groups is 1. The molecule has 2 N–H and O–H groups in total. The number of rotatable bonds is 4. The predicted molar refractivity (Wildman–Crippen MR) is 83.0 cm³/mol. The molecule has 0 heterocycles. The van der Waals surface area contributed by atoms with Crippen molar-refractivity contribution in [3.8, 4) is 0 Å². The quantitative estimate of drug-likeness (QED) is 0.861. The lowest BCUT2D eigenvalue weighted by atomic mass is 10.2. The molecule has 0 atom stereocenters. The van der Waals surface area contributed by atoms with Crippen LogP contribution in [0.4, 0.5) is 16.2 Å². The molecule has 0 saturated carbocycles. The number of likely N-dealkylation sites (N-methyl/N-ethyl adjacent to an activating group) is 1. The van der Waals surface area contributed by atoms with Gasteiger partial charge in [-0.05, 0) is 59.1 Å². The summed E-state index contributed by atoms with van der Waals surface area (Å²) >= 11 is 0. The van der Waals surface area contributed by atoms with Crippen LogP contribution >= 0.6 is 0 Å². The van der Waals surface area contributed by atoms with Gasteiger partial charge in [0.25, 0.3) is 0 Å². The number of anilines is 2. The number of hydrogen-bond acceptors (Lipinski definition) is 4. The van der Waals surface area contributed by atoms with Crippen LogP contribution in [0.3, 0.4) is 0 Å². The van der Waals surface area contributed by atoms with Gasteiger partial charge in [-0.2, -0.15) is 0 Å². The molecular formula is C15H25N3O2. The van der Waals surface area contributed by atoms with Crippen molar-refractivity contribution < 1.29 is 9.53 Å². The standard InChI is InChI=1S/C15H25N3O2/c1-15(2,3)20-14(19)18(11-10-17(4)5)13-8-6-12(16)7-9-13/h6-9H,10-11,16H2,1-5H3. The highest BCUT2D eigenvalue weighted by molar-refractivity contribution is 5.88. The molecule has 1 amide bonds. The summed E-state index contributed by atoms with van der Waals surface area (Å²) in [4.78, 5) is 16.0. The van der Waals surface area contributed by atoms with Crippen molar-refractivity contribution in [2.24, 2.45) is 0 Å². The lowest BCUT2D eigenvalue weighted by Gasteiger charge is -2.28. The first kappa shape index (κ1) is 16.3. The van der Waals surface area contributed by atoms with Gasteiger partial charge >= 0.3 is 6.09 Å². The van der Waals surface area contributed by atoms with Gasteiger partial charge in [0.05, 0.1) is 0 Å². The second kappa shape index (κ2) is 6.61. The van der Waals surface area contributed by atoms with Crippen molar-refractivity contribution in [2.45, 2.75) is 26.4 Å². The maximum atomic E-state index is 12.3. The monoisotopic (exact) mass is 279 g/mol. The molecule has 0 radical (unpaired) electrons. The Morgan fingerprint density at radius 2 is 1.70 bits per heavy atom. The fraction of sp³-hybridized carbons (Fsp3) is 0.533. The third-order valence-electron chi connectivity index (χ3n) is 2.59. The second-order valence-electron chi connectivity index (χ2n) is 6.03. The second-order valence-corrected chi connectivity index (χ2v) is 6.03. The first-order valence-corrected chi connectivity index (χ1v) is 6.70. The van der Waals surface area contributed by atoms with Gasteiger partial charge in [-0.25, -0.2) is 4.79 Å². The van der Waals surface area contributed by atoms with Crippen molar-refractivity contribution >= 4 is 17.5 Å². The van der Waals surface area contributed by atoms with Gasteiger partial charge in [-0.3, -0.25) is 4.90 Å². The number of benzene rings is 1. The molecule has 1 aromatic carbocycles. The minimum absolute atomic E-state index is 0.343. The number of amides is 1. The highest BCUT2D eigenvalue weighted by atomic mass is 16.6. The van der Waals surface area contributed by atoms with Crippen LogP contribution in [-0.4, -0.2) is 43.8 Å². The van der Waals surface area contributed by atoms with Crippen LogP contribution in [0.2, 0.25) is 0 Å². The zero-order valence-corrected chi connectivity index (χ0v) is 13.0. The Hall–Kier alpha value is -1.75. The molecule has 1 rings (SSSR count). The van der Waals surface area contributed by atoms with Crippen LogP contribution in [0.15, 0.2) is 24.3 Å². The van der Waals surface area contributed by atoms with Gasteiger partial charge in [0.15, 0.2) is 0 Å². The van der Waals surface area contributed by atoms with E-state index in [1.54, 1.807) is 17.0 Å². The number of nitrogens with two attached hydrogens (primary N) is 1. The molecule has 0 aliphatic heterocycles. The minimum Gasteiger partial charge on any atom is -0.443 e. The molecule has 0 spiro atoms. The van der Waals surface area contributed by atoms with Crippen molar-refractivity contribution in [1.29, 1.82) is 0 Å². The van der Waals surface area contributed by atoms with E-state index in [0.29, 0.717) is 12.2 Å². The van der Waals surface area contributed by atoms with E-state index in [0.717, 1.165) is 12.2 Å². The number of carbonyl (C=O) groups excluding carboxylic acids is 1. The van der Waals surface area contributed by atoms with Crippen LogP contribution in [0.1, 0.15) is 20.8 Å². The van der Waals surface area contributed by atoms with Gasteiger partial charge in [-0.1, -0.05) is 0 Å². The molecule has 0 bridgehead atoms. The van der Waals surface area contributed by atoms with Gasteiger partial charge in [0, 0.05) is 24.5 Å². The Morgan fingerprint density at radius 3 is 2.15 bits per heavy atom. The Labute approximate surface area is 121 Å². The molecule has 0 aliphatic rings. The first-order valence-electron chi connectivity index (χ1n) is 6.70. The number of nitrogens with zero attached hydrogens (tertiary/aromatic N) is 2. The molecule has 0 aliphatic carbocycles. The SMILES string of the molecule is CN(C)CCN(C(=O)OC(C)(C)C)c1ccc(N)cc1. The molecular weight excluding hydrogens is 254 g/mol. The highest BCUT2D eigenvalue weighted by Crippen LogP contribution is 2.19. The fourth-order valence-electron chi connectivity index (χ4n) is 1.60. The summed E-state index contributed by atoms with van der Waals surface area (Å²) in [6.45, 7) is 6.89. The zero-order valence-electron chi connectivity index (χ0n) is 13.0. The number of hydrogen-bond donors (Lipinski definition) is 1. The summed E-state index contributed by atoms with van der Waals surface area (Å²) < 4.78 is 5.45.